The van der Waals surface area contributed by atoms with Gasteiger partial charge in [0, 0.05) is 30.1 Å². The number of benzene rings is 1. The fraction of sp³-hybridized carbons (Fsp3) is 0.308. The summed E-state index contributed by atoms with van der Waals surface area (Å²) in [6.07, 6.45) is 4.04. The van der Waals surface area contributed by atoms with Gasteiger partial charge in [0.15, 0.2) is 0 Å². The molecule has 18 heavy (non-hydrogen) atoms. The van der Waals surface area contributed by atoms with Gasteiger partial charge in [0.05, 0.1) is 0 Å². The molecule has 0 atom stereocenters. The number of amides is 1. The number of aromatic nitrogens is 1. The van der Waals surface area contributed by atoms with E-state index in [1.807, 2.05) is 12.3 Å². The van der Waals surface area contributed by atoms with Gasteiger partial charge in [0.1, 0.15) is 5.82 Å². The number of carbonyl (C=O) groups excluding carboxylic acids is 1. The van der Waals surface area contributed by atoms with Gasteiger partial charge < -0.3 is 4.57 Å². The topological polar surface area (TPSA) is 60.0 Å². The first-order valence-corrected chi connectivity index (χ1v) is 5.94. The number of rotatable bonds is 5. The Kier molecular flexibility index (Phi) is 3.94. The first kappa shape index (κ1) is 12.6. The first-order valence-electron chi connectivity index (χ1n) is 5.94. The largest absolute Gasteiger partial charge is 0.347 e. The van der Waals surface area contributed by atoms with Crippen LogP contribution in [0, 0.1) is 5.82 Å². The summed E-state index contributed by atoms with van der Waals surface area (Å²) in [6.45, 7) is 0.812. The molecule has 1 amide bonds. The van der Waals surface area contributed by atoms with E-state index in [2.05, 4.69) is 9.99 Å². The average Bonchev–Trinajstić information content (AvgIpc) is 2.76. The average molecular weight is 249 g/mol. The predicted molar refractivity (Wildman–Crippen MR) is 68.1 cm³/mol. The van der Waals surface area contributed by atoms with Gasteiger partial charge in [-0.05, 0) is 37.1 Å². The van der Waals surface area contributed by atoms with Crippen molar-refractivity contribution in [1.29, 1.82) is 0 Å². The molecule has 4 nitrogen and oxygen atoms in total. The molecule has 0 bridgehead atoms. The summed E-state index contributed by atoms with van der Waals surface area (Å²) in [7, 11) is 0. The number of nitrogens with zero attached hydrogens (tertiary/aromatic N) is 1. The lowest BCUT2D eigenvalue weighted by atomic mass is 10.2. The maximum Gasteiger partial charge on any atom is 0.233 e. The van der Waals surface area contributed by atoms with Crippen LogP contribution in [0.1, 0.15) is 19.3 Å². The van der Waals surface area contributed by atoms with E-state index in [-0.39, 0.29) is 11.7 Å². The summed E-state index contributed by atoms with van der Waals surface area (Å²) >= 11 is 0. The molecule has 5 heteroatoms. The number of hydrogen-bond donors (Lipinski definition) is 2. The third-order valence-corrected chi connectivity index (χ3v) is 2.95. The smallest absolute Gasteiger partial charge is 0.233 e. The molecule has 0 saturated heterocycles. The number of aryl methyl sites for hydroxylation is 1. The Bertz CT molecular complexity index is 550. The minimum Gasteiger partial charge on any atom is -0.347 e. The van der Waals surface area contributed by atoms with Crippen molar-refractivity contribution in [2.75, 3.05) is 0 Å². The Labute approximate surface area is 105 Å². The molecule has 2 rings (SSSR count). The number of hydrogen-bond acceptors (Lipinski definition) is 2. The van der Waals surface area contributed by atoms with E-state index in [9.17, 15) is 9.18 Å². The molecule has 0 aliphatic rings. The summed E-state index contributed by atoms with van der Waals surface area (Å²) in [5.41, 5.74) is 3.12. The molecule has 0 unspecified atom stereocenters. The van der Waals surface area contributed by atoms with E-state index in [0.29, 0.717) is 6.42 Å². The fourth-order valence-corrected chi connectivity index (χ4v) is 2.01. The van der Waals surface area contributed by atoms with E-state index in [4.69, 9.17) is 5.84 Å². The molecule has 1 heterocycles. The second kappa shape index (κ2) is 5.64. The Morgan fingerprint density at radius 2 is 2.17 bits per heavy atom. The van der Waals surface area contributed by atoms with E-state index in [0.717, 1.165) is 30.3 Å². The summed E-state index contributed by atoms with van der Waals surface area (Å²) in [6, 6.07) is 6.65. The van der Waals surface area contributed by atoms with Crippen molar-refractivity contribution in [2.45, 2.75) is 25.8 Å². The highest BCUT2D eigenvalue weighted by molar-refractivity contribution is 5.80. The SMILES string of the molecule is NNC(=O)CCCCn1ccc2cc(F)ccc21. The predicted octanol–water partition coefficient (Wildman–Crippen LogP) is 1.94. The van der Waals surface area contributed by atoms with Crippen molar-refractivity contribution in [2.24, 2.45) is 5.84 Å². The number of nitrogens with two attached hydrogens (primary N) is 1. The monoisotopic (exact) mass is 249 g/mol. The van der Waals surface area contributed by atoms with Crippen LogP contribution < -0.4 is 11.3 Å². The number of nitrogens with one attached hydrogen (secondary N) is 1. The lowest BCUT2D eigenvalue weighted by Crippen LogP contribution is -2.29. The molecule has 3 N–H and O–H groups in total. The van der Waals surface area contributed by atoms with Crippen LogP contribution in [0.5, 0.6) is 0 Å². The number of hydrazine groups is 1. The zero-order chi connectivity index (χ0) is 13.0. The van der Waals surface area contributed by atoms with Crippen LogP contribution in [0.3, 0.4) is 0 Å². The number of carbonyl (C=O) groups is 1. The van der Waals surface area contributed by atoms with Crippen molar-refractivity contribution < 1.29 is 9.18 Å². The molecule has 2 aromatic rings. The highest BCUT2D eigenvalue weighted by Gasteiger charge is 2.03. The van der Waals surface area contributed by atoms with Gasteiger partial charge in [-0.2, -0.15) is 0 Å². The van der Waals surface area contributed by atoms with Gasteiger partial charge in [0.25, 0.3) is 0 Å². The minimum absolute atomic E-state index is 0.144. The first-order chi connectivity index (χ1) is 8.70. The maximum atomic E-state index is 13.0. The Balaban J connectivity index is 1.94. The Morgan fingerprint density at radius 3 is 2.94 bits per heavy atom. The highest BCUT2D eigenvalue weighted by Crippen LogP contribution is 2.17. The number of halogens is 1. The van der Waals surface area contributed by atoms with E-state index in [1.165, 1.54) is 12.1 Å². The van der Waals surface area contributed by atoms with E-state index >= 15 is 0 Å². The summed E-state index contributed by atoms with van der Waals surface area (Å²) in [5.74, 6) is 4.63. The molecule has 0 fully saturated rings. The van der Waals surface area contributed by atoms with Gasteiger partial charge in [-0.15, -0.1) is 0 Å². The second-order valence-electron chi connectivity index (χ2n) is 4.24. The van der Waals surface area contributed by atoms with Crippen LogP contribution in [0.15, 0.2) is 30.5 Å². The zero-order valence-corrected chi connectivity index (χ0v) is 10.0. The van der Waals surface area contributed by atoms with Crippen LogP contribution in [-0.2, 0) is 11.3 Å². The third-order valence-electron chi connectivity index (χ3n) is 2.95. The van der Waals surface area contributed by atoms with Crippen LogP contribution >= 0.6 is 0 Å². The Morgan fingerprint density at radius 1 is 1.33 bits per heavy atom. The van der Waals surface area contributed by atoms with Crippen molar-refractivity contribution in [3.63, 3.8) is 0 Å². The van der Waals surface area contributed by atoms with Crippen molar-refractivity contribution in [3.05, 3.63) is 36.3 Å². The van der Waals surface area contributed by atoms with Gasteiger partial charge in [-0.25, -0.2) is 10.2 Å². The van der Waals surface area contributed by atoms with Gasteiger partial charge in [-0.1, -0.05) is 0 Å². The lowest BCUT2D eigenvalue weighted by molar-refractivity contribution is -0.121. The molecule has 1 aromatic carbocycles. The van der Waals surface area contributed by atoms with Crippen LogP contribution in [0.4, 0.5) is 4.39 Å². The normalized spacial score (nSPS) is 10.8. The van der Waals surface area contributed by atoms with Crippen molar-refractivity contribution in [3.8, 4) is 0 Å². The fourth-order valence-electron chi connectivity index (χ4n) is 2.01. The lowest BCUT2D eigenvalue weighted by Gasteiger charge is -2.05. The summed E-state index contributed by atoms with van der Waals surface area (Å²) in [5, 5.41) is 0.898. The van der Waals surface area contributed by atoms with Gasteiger partial charge in [-0.3, -0.25) is 10.2 Å². The molecular weight excluding hydrogens is 233 g/mol. The Hall–Kier alpha value is -1.88. The van der Waals surface area contributed by atoms with Gasteiger partial charge >= 0.3 is 0 Å². The molecule has 0 aliphatic carbocycles. The summed E-state index contributed by atoms with van der Waals surface area (Å²) < 4.78 is 15.1. The quantitative estimate of drug-likeness (QED) is 0.368. The molecule has 1 aromatic heterocycles. The summed E-state index contributed by atoms with van der Waals surface area (Å²) in [4.78, 5) is 10.9. The van der Waals surface area contributed by atoms with E-state index in [1.54, 1.807) is 6.07 Å². The molecule has 0 spiro atoms. The molecule has 0 radical (unpaired) electrons. The van der Waals surface area contributed by atoms with Crippen LogP contribution in [0.25, 0.3) is 10.9 Å². The second-order valence-corrected chi connectivity index (χ2v) is 4.24. The van der Waals surface area contributed by atoms with Crippen molar-refractivity contribution >= 4 is 16.8 Å². The minimum atomic E-state index is -0.222. The standard InChI is InChI=1S/C13H16FN3O/c14-11-4-5-12-10(9-11)6-8-17(12)7-2-1-3-13(18)16-15/h4-6,8-9H,1-3,7,15H2,(H,16,18). The van der Waals surface area contributed by atoms with E-state index < -0.39 is 0 Å². The zero-order valence-electron chi connectivity index (χ0n) is 10.0. The number of fused-ring (bicyclic) bond motifs is 1. The molecular formula is C13H16FN3O. The third kappa shape index (κ3) is 2.87. The van der Waals surface area contributed by atoms with Crippen LogP contribution in [-0.4, -0.2) is 10.5 Å². The highest BCUT2D eigenvalue weighted by atomic mass is 19.1. The number of unbranched alkanes of at least 4 members (excludes halogenated alkanes) is 1. The van der Waals surface area contributed by atoms with Gasteiger partial charge in [0.2, 0.25) is 5.91 Å². The van der Waals surface area contributed by atoms with Crippen molar-refractivity contribution in [1.82, 2.24) is 9.99 Å². The molecule has 0 aliphatic heterocycles. The molecule has 96 valence electrons. The maximum absolute atomic E-state index is 13.0. The van der Waals surface area contributed by atoms with Crippen LogP contribution in [0.2, 0.25) is 0 Å². The molecule has 0 saturated carbocycles.